The van der Waals surface area contributed by atoms with Crippen LogP contribution in [0.5, 0.6) is 0 Å². The molecule has 1 aromatic rings. The van der Waals surface area contributed by atoms with Gasteiger partial charge in [-0.25, -0.2) is 4.98 Å². The Labute approximate surface area is 96.7 Å². The maximum atomic E-state index is 4.42. The standard InChI is InChI=1S/C11H21N3S/c1-4-6-14-7-5-13-11(14)8-10(12-2)9-15-3/h5,7,10,12H,4,6,8-9H2,1-3H3. The van der Waals surface area contributed by atoms with Gasteiger partial charge < -0.3 is 9.88 Å². The summed E-state index contributed by atoms with van der Waals surface area (Å²) < 4.78 is 2.25. The Kier molecular flexibility index (Phi) is 5.79. The Hall–Kier alpha value is -0.480. The second-order valence-electron chi connectivity index (χ2n) is 3.68. The molecule has 3 nitrogen and oxygen atoms in total. The first-order valence-electron chi connectivity index (χ1n) is 5.48. The Morgan fingerprint density at radius 3 is 3.00 bits per heavy atom. The van der Waals surface area contributed by atoms with Gasteiger partial charge in [-0.3, -0.25) is 0 Å². The molecule has 0 spiro atoms. The largest absolute Gasteiger partial charge is 0.335 e. The summed E-state index contributed by atoms with van der Waals surface area (Å²) in [5, 5.41) is 3.34. The van der Waals surface area contributed by atoms with Crippen LogP contribution in [-0.4, -0.2) is 34.6 Å². The monoisotopic (exact) mass is 227 g/mol. The summed E-state index contributed by atoms with van der Waals surface area (Å²) in [5.74, 6) is 2.33. The van der Waals surface area contributed by atoms with E-state index in [1.54, 1.807) is 0 Å². The van der Waals surface area contributed by atoms with Crippen LogP contribution in [0, 0.1) is 0 Å². The molecular formula is C11H21N3S. The van der Waals surface area contributed by atoms with Crippen molar-refractivity contribution in [2.45, 2.75) is 32.4 Å². The molecule has 0 aliphatic rings. The molecule has 0 saturated heterocycles. The number of likely N-dealkylation sites (N-methyl/N-ethyl adjacent to an activating group) is 1. The predicted molar refractivity (Wildman–Crippen MR) is 67.5 cm³/mol. The summed E-state index contributed by atoms with van der Waals surface area (Å²) in [7, 11) is 2.02. The van der Waals surface area contributed by atoms with Crippen LogP contribution >= 0.6 is 11.8 Å². The lowest BCUT2D eigenvalue weighted by Gasteiger charge is -2.15. The van der Waals surface area contributed by atoms with Crippen LogP contribution in [0.25, 0.3) is 0 Å². The van der Waals surface area contributed by atoms with E-state index in [4.69, 9.17) is 0 Å². The van der Waals surface area contributed by atoms with E-state index in [0.29, 0.717) is 6.04 Å². The normalized spacial score (nSPS) is 13.0. The van der Waals surface area contributed by atoms with Crippen molar-refractivity contribution in [2.24, 2.45) is 0 Å². The highest BCUT2D eigenvalue weighted by atomic mass is 32.2. The first-order valence-corrected chi connectivity index (χ1v) is 6.87. The third-order valence-corrected chi connectivity index (χ3v) is 3.21. The van der Waals surface area contributed by atoms with E-state index in [2.05, 4.69) is 34.2 Å². The van der Waals surface area contributed by atoms with Gasteiger partial charge in [-0.05, 0) is 19.7 Å². The molecule has 1 heterocycles. The molecular weight excluding hydrogens is 206 g/mol. The van der Waals surface area contributed by atoms with Gasteiger partial charge in [-0.15, -0.1) is 0 Å². The number of hydrogen-bond acceptors (Lipinski definition) is 3. The fraction of sp³-hybridized carbons (Fsp3) is 0.727. The van der Waals surface area contributed by atoms with Gasteiger partial charge in [-0.2, -0.15) is 11.8 Å². The van der Waals surface area contributed by atoms with Crippen molar-refractivity contribution in [3.63, 3.8) is 0 Å². The summed E-state index contributed by atoms with van der Waals surface area (Å²) in [4.78, 5) is 4.42. The topological polar surface area (TPSA) is 29.9 Å². The first kappa shape index (κ1) is 12.6. The lowest BCUT2D eigenvalue weighted by molar-refractivity contribution is 0.560. The van der Waals surface area contributed by atoms with Gasteiger partial charge in [0.05, 0.1) is 0 Å². The molecule has 1 N–H and O–H groups in total. The lowest BCUT2D eigenvalue weighted by Crippen LogP contribution is -2.31. The van der Waals surface area contributed by atoms with Crippen LogP contribution in [0.2, 0.25) is 0 Å². The maximum absolute atomic E-state index is 4.42. The zero-order valence-electron chi connectivity index (χ0n) is 9.86. The van der Waals surface area contributed by atoms with Gasteiger partial charge in [0.15, 0.2) is 0 Å². The predicted octanol–water partition coefficient (Wildman–Crippen LogP) is 1.79. The number of aryl methyl sites for hydroxylation is 1. The van der Waals surface area contributed by atoms with Crippen molar-refractivity contribution in [3.8, 4) is 0 Å². The number of imidazole rings is 1. The molecule has 1 atom stereocenters. The number of nitrogens with one attached hydrogen (secondary N) is 1. The highest BCUT2D eigenvalue weighted by molar-refractivity contribution is 7.98. The van der Waals surface area contributed by atoms with Gasteiger partial charge in [0, 0.05) is 37.2 Å². The van der Waals surface area contributed by atoms with Crippen molar-refractivity contribution < 1.29 is 0 Å². The average Bonchev–Trinajstić information content (AvgIpc) is 2.66. The van der Waals surface area contributed by atoms with Gasteiger partial charge in [0.2, 0.25) is 0 Å². The second-order valence-corrected chi connectivity index (χ2v) is 4.59. The fourth-order valence-corrected chi connectivity index (χ4v) is 2.33. The molecule has 0 fully saturated rings. The van der Waals surface area contributed by atoms with Gasteiger partial charge >= 0.3 is 0 Å². The van der Waals surface area contributed by atoms with E-state index in [9.17, 15) is 0 Å². The minimum absolute atomic E-state index is 0.526. The Morgan fingerprint density at radius 1 is 1.60 bits per heavy atom. The third kappa shape index (κ3) is 3.87. The van der Waals surface area contributed by atoms with Gasteiger partial charge in [-0.1, -0.05) is 6.92 Å². The van der Waals surface area contributed by atoms with Crippen molar-refractivity contribution in [1.82, 2.24) is 14.9 Å². The molecule has 0 radical (unpaired) electrons. The van der Waals surface area contributed by atoms with Crippen molar-refractivity contribution in [1.29, 1.82) is 0 Å². The van der Waals surface area contributed by atoms with Crippen molar-refractivity contribution in [3.05, 3.63) is 18.2 Å². The number of rotatable bonds is 7. The summed E-state index contributed by atoms with van der Waals surface area (Å²) in [6.45, 7) is 3.27. The van der Waals surface area contributed by atoms with E-state index in [0.717, 1.165) is 25.1 Å². The van der Waals surface area contributed by atoms with E-state index in [1.165, 1.54) is 5.82 Å². The fourth-order valence-electron chi connectivity index (χ4n) is 1.64. The number of nitrogens with zero attached hydrogens (tertiary/aromatic N) is 2. The molecule has 4 heteroatoms. The van der Waals surface area contributed by atoms with Crippen LogP contribution in [0.3, 0.4) is 0 Å². The van der Waals surface area contributed by atoms with E-state index in [1.807, 2.05) is 25.0 Å². The van der Waals surface area contributed by atoms with Crippen molar-refractivity contribution >= 4 is 11.8 Å². The average molecular weight is 227 g/mol. The van der Waals surface area contributed by atoms with Gasteiger partial charge in [0.1, 0.15) is 5.82 Å². The summed E-state index contributed by atoms with van der Waals surface area (Å²) in [6.07, 6.45) is 8.30. The van der Waals surface area contributed by atoms with E-state index >= 15 is 0 Å². The smallest absolute Gasteiger partial charge is 0.110 e. The molecule has 1 aromatic heterocycles. The quantitative estimate of drug-likeness (QED) is 0.770. The highest BCUT2D eigenvalue weighted by Crippen LogP contribution is 2.06. The minimum Gasteiger partial charge on any atom is -0.335 e. The van der Waals surface area contributed by atoms with Crippen LogP contribution in [-0.2, 0) is 13.0 Å². The molecule has 0 aliphatic heterocycles. The van der Waals surface area contributed by atoms with E-state index < -0.39 is 0 Å². The number of hydrogen-bond donors (Lipinski definition) is 1. The number of thioether (sulfide) groups is 1. The summed E-state index contributed by atoms with van der Waals surface area (Å²) in [6, 6.07) is 0.526. The molecule has 15 heavy (non-hydrogen) atoms. The second kappa shape index (κ2) is 6.90. The molecule has 0 aliphatic carbocycles. The van der Waals surface area contributed by atoms with Crippen LogP contribution < -0.4 is 5.32 Å². The summed E-state index contributed by atoms with van der Waals surface area (Å²) >= 11 is 1.88. The van der Waals surface area contributed by atoms with Crippen LogP contribution in [0.15, 0.2) is 12.4 Å². The van der Waals surface area contributed by atoms with Crippen LogP contribution in [0.4, 0.5) is 0 Å². The van der Waals surface area contributed by atoms with E-state index in [-0.39, 0.29) is 0 Å². The SMILES string of the molecule is CCCn1ccnc1CC(CSC)NC. The Bertz CT molecular complexity index is 273. The molecule has 0 bridgehead atoms. The Balaban J connectivity index is 2.57. The summed E-state index contributed by atoms with van der Waals surface area (Å²) in [5.41, 5.74) is 0. The molecule has 0 saturated carbocycles. The first-order chi connectivity index (χ1) is 7.31. The zero-order valence-corrected chi connectivity index (χ0v) is 10.7. The number of aromatic nitrogens is 2. The molecule has 0 amide bonds. The highest BCUT2D eigenvalue weighted by Gasteiger charge is 2.10. The zero-order chi connectivity index (χ0) is 11.1. The molecule has 1 unspecified atom stereocenters. The third-order valence-electron chi connectivity index (χ3n) is 2.47. The molecule has 86 valence electrons. The van der Waals surface area contributed by atoms with Gasteiger partial charge in [0.25, 0.3) is 0 Å². The maximum Gasteiger partial charge on any atom is 0.110 e. The van der Waals surface area contributed by atoms with Crippen molar-refractivity contribution in [2.75, 3.05) is 19.1 Å². The lowest BCUT2D eigenvalue weighted by atomic mass is 10.2. The minimum atomic E-state index is 0.526. The molecule has 0 aromatic carbocycles. The molecule has 1 rings (SSSR count). The Morgan fingerprint density at radius 2 is 2.40 bits per heavy atom. The van der Waals surface area contributed by atoms with Crippen LogP contribution in [0.1, 0.15) is 19.2 Å².